The van der Waals surface area contributed by atoms with Crippen LogP contribution in [0.2, 0.25) is 0 Å². The molecule has 0 radical (unpaired) electrons. The first-order valence-corrected chi connectivity index (χ1v) is 2.82. The SMILES string of the molecule is C=CN[C@H](CC)C(=O)O. The van der Waals surface area contributed by atoms with E-state index in [1.165, 1.54) is 6.20 Å². The van der Waals surface area contributed by atoms with Gasteiger partial charge in [-0.3, -0.25) is 0 Å². The summed E-state index contributed by atoms with van der Waals surface area (Å²) in [4.78, 5) is 10.2. The topological polar surface area (TPSA) is 49.3 Å². The van der Waals surface area contributed by atoms with Gasteiger partial charge in [-0.05, 0) is 12.6 Å². The lowest BCUT2D eigenvalue weighted by molar-refractivity contribution is -0.139. The molecular weight excluding hydrogens is 118 g/mol. The van der Waals surface area contributed by atoms with Crippen molar-refractivity contribution in [2.45, 2.75) is 19.4 Å². The molecule has 0 fully saturated rings. The summed E-state index contributed by atoms with van der Waals surface area (Å²) in [7, 11) is 0. The summed E-state index contributed by atoms with van der Waals surface area (Å²) in [5.41, 5.74) is 0. The summed E-state index contributed by atoms with van der Waals surface area (Å²) in [6.07, 6.45) is 1.96. The van der Waals surface area contributed by atoms with Gasteiger partial charge in [0, 0.05) is 0 Å². The third kappa shape index (κ3) is 2.74. The molecule has 0 bridgehead atoms. The van der Waals surface area contributed by atoms with E-state index in [0.717, 1.165) is 0 Å². The second-order valence-corrected chi connectivity index (χ2v) is 1.67. The lowest BCUT2D eigenvalue weighted by Gasteiger charge is -2.07. The van der Waals surface area contributed by atoms with E-state index in [1.54, 1.807) is 6.92 Å². The Hall–Kier alpha value is -0.990. The number of hydrogen-bond donors (Lipinski definition) is 2. The largest absolute Gasteiger partial charge is 0.480 e. The van der Waals surface area contributed by atoms with Gasteiger partial charge in [-0.2, -0.15) is 0 Å². The van der Waals surface area contributed by atoms with Crippen molar-refractivity contribution < 1.29 is 9.90 Å². The lowest BCUT2D eigenvalue weighted by Crippen LogP contribution is -2.31. The van der Waals surface area contributed by atoms with Gasteiger partial charge >= 0.3 is 5.97 Å². The first-order chi connectivity index (χ1) is 4.22. The second kappa shape index (κ2) is 3.95. The molecule has 2 N–H and O–H groups in total. The predicted molar refractivity (Wildman–Crippen MR) is 35.0 cm³/mol. The van der Waals surface area contributed by atoms with Crippen LogP contribution in [0.25, 0.3) is 0 Å². The van der Waals surface area contributed by atoms with Crippen LogP contribution in [0.1, 0.15) is 13.3 Å². The molecule has 3 nitrogen and oxygen atoms in total. The molecular formula is C6H11NO2. The summed E-state index contributed by atoms with van der Waals surface area (Å²) in [6, 6.07) is -0.484. The average Bonchev–Trinajstić information content (AvgIpc) is 1.82. The molecule has 0 aromatic carbocycles. The van der Waals surface area contributed by atoms with E-state index < -0.39 is 12.0 Å². The Labute approximate surface area is 54.4 Å². The van der Waals surface area contributed by atoms with Crippen LogP contribution < -0.4 is 5.32 Å². The second-order valence-electron chi connectivity index (χ2n) is 1.67. The number of hydrogen-bond acceptors (Lipinski definition) is 2. The molecule has 0 saturated heterocycles. The molecule has 52 valence electrons. The minimum Gasteiger partial charge on any atom is -0.480 e. The Morgan fingerprint density at radius 2 is 2.56 bits per heavy atom. The summed E-state index contributed by atoms with van der Waals surface area (Å²) in [5, 5.41) is 11.0. The zero-order chi connectivity index (χ0) is 7.28. The van der Waals surface area contributed by atoms with Crippen molar-refractivity contribution in [1.29, 1.82) is 0 Å². The van der Waals surface area contributed by atoms with Crippen LogP contribution >= 0.6 is 0 Å². The monoisotopic (exact) mass is 129 g/mol. The summed E-state index contributed by atoms with van der Waals surface area (Å²) in [6.45, 7) is 5.16. The van der Waals surface area contributed by atoms with Gasteiger partial charge in [-0.1, -0.05) is 13.5 Å². The fourth-order valence-corrected chi connectivity index (χ4v) is 0.506. The van der Waals surface area contributed by atoms with E-state index in [2.05, 4.69) is 11.9 Å². The van der Waals surface area contributed by atoms with Gasteiger partial charge in [0.05, 0.1) is 0 Å². The van der Waals surface area contributed by atoms with E-state index in [1.807, 2.05) is 0 Å². The van der Waals surface area contributed by atoms with Crippen molar-refractivity contribution in [3.8, 4) is 0 Å². The van der Waals surface area contributed by atoms with Crippen LogP contribution in [0.3, 0.4) is 0 Å². The van der Waals surface area contributed by atoms with E-state index in [4.69, 9.17) is 5.11 Å². The van der Waals surface area contributed by atoms with Crippen LogP contribution in [0.15, 0.2) is 12.8 Å². The highest BCUT2D eigenvalue weighted by Crippen LogP contribution is 1.88. The van der Waals surface area contributed by atoms with Gasteiger partial charge in [0.15, 0.2) is 0 Å². The maximum absolute atomic E-state index is 10.2. The van der Waals surface area contributed by atoms with Crippen LogP contribution in [0.5, 0.6) is 0 Å². The predicted octanol–water partition coefficient (Wildman–Crippen LogP) is 0.583. The van der Waals surface area contributed by atoms with Gasteiger partial charge in [0.25, 0.3) is 0 Å². The summed E-state index contributed by atoms with van der Waals surface area (Å²) < 4.78 is 0. The number of carbonyl (C=O) groups is 1. The zero-order valence-corrected chi connectivity index (χ0v) is 5.42. The van der Waals surface area contributed by atoms with E-state index in [9.17, 15) is 4.79 Å². The molecule has 0 aliphatic carbocycles. The molecule has 0 heterocycles. The van der Waals surface area contributed by atoms with E-state index in [-0.39, 0.29) is 0 Å². The Bertz CT molecular complexity index is 112. The molecule has 1 atom stereocenters. The molecule has 0 saturated carbocycles. The van der Waals surface area contributed by atoms with Gasteiger partial charge in [-0.15, -0.1) is 0 Å². The molecule has 0 unspecified atom stereocenters. The number of aliphatic carboxylic acids is 1. The standard InChI is InChI=1S/C6H11NO2/c1-3-5(6(8)9)7-4-2/h4-5,7H,2-3H2,1H3,(H,8,9)/t5-/m1/s1. The Balaban J connectivity index is 3.67. The highest BCUT2D eigenvalue weighted by atomic mass is 16.4. The highest BCUT2D eigenvalue weighted by molar-refractivity contribution is 5.73. The van der Waals surface area contributed by atoms with Crippen LogP contribution in [-0.2, 0) is 4.79 Å². The van der Waals surface area contributed by atoms with Crippen molar-refractivity contribution in [2.75, 3.05) is 0 Å². The Kier molecular flexibility index (Phi) is 3.51. The fourth-order valence-electron chi connectivity index (χ4n) is 0.506. The first-order valence-electron chi connectivity index (χ1n) is 2.82. The Morgan fingerprint density at radius 1 is 2.00 bits per heavy atom. The smallest absolute Gasteiger partial charge is 0.326 e. The maximum atomic E-state index is 10.2. The van der Waals surface area contributed by atoms with Crippen molar-refractivity contribution in [3.63, 3.8) is 0 Å². The van der Waals surface area contributed by atoms with Crippen molar-refractivity contribution in [1.82, 2.24) is 5.32 Å². The van der Waals surface area contributed by atoms with Gasteiger partial charge in [0.2, 0.25) is 0 Å². The van der Waals surface area contributed by atoms with Gasteiger partial charge in [-0.25, -0.2) is 4.79 Å². The van der Waals surface area contributed by atoms with Crippen LogP contribution in [-0.4, -0.2) is 17.1 Å². The molecule has 0 spiro atoms. The molecule has 0 amide bonds. The molecule has 0 aromatic rings. The Morgan fingerprint density at radius 3 is 2.67 bits per heavy atom. The number of carboxylic acid groups (broad SMARTS) is 1. The van der Waals surface area contributed by atoms with E-state index in [0.29, 0.717) is 6.42 Å². The molecule has 9 heavy (non-hydrogen) atoms. The number of carboxylic acids is 1. The van der Waals surface area contributed by atoms with Crippen molar-refractivity contribution in [3.05, 3.63) is 12.8 Å². The summed E-state index contributed by atoms with van der Waals surface area (Å²) in [5.74, 6) is -0.836. The highest BCUT2D eigenvalue weighted by Gasteiger charge is 2.10. The number of rotatable bonds is 4. The quantitative estimate of drug-likeness (QED) is 0.583. The van der Waals surface area contributed by atoms with Gasteiger partial charge < -0.3 is 10.4 Å². The van der Waals surface area contributed by atoms with Crippen LogP contribution in [0.4, 0.5) is 0 Å². The zero-order valence-electron chi connectivity index (χ0n) is 5.42. The fraction of sp³-hybridized carbons (Fsp3) is 0.500. The van der Waals surface area contributed by atoms with Crippen molar-refractivity contribution in [2.24, 2.45) is 0 Å². The van der Waals surface area contributed by atoms with Gasteiger partial charge in [0.1, 0.15) is 6.04 Å². The van der Waals surface area contributed by atoms with Crippen LogP contribution in [0, 0.1) is 0 Å². The lowest BCUT2D eigenvalue weighted by atomic mass is 10.2. The first kappa shape index (κ1) is 8.01. The molecule has 0 rings (SSSR count). The average molecular weight is 129 g/mol. The summed E-state index contributed by atoms with van der Waals surface area (Å²) >= 11 is 0. The molecule has 3 heteroatoms. The minimum absolute atomic E-state index is 0.484. The normalized spacial score (nSPS) is 12.1. The third-order valence-electron chi connectivity index (χ3n) is 1.03. The molecule has 0 aliphatic heterocycles. The van der Waals surface area contributed by atoms with Crippen molar-refractivity contribution >= 4 is 5.97 Å². The number of nitrogens with one attached hydrogen (secondary N) is 1. The third-order valence-corrected chi connectivity index (χ3v) is 1.03. The molecule has 0 aliphatic rings. The maximum Gasteiger partial charge on any atom is 0.326 e. The molecule has 0 aromatic heterocycles. The van der Waals surface area contributed by atoms with E-state index >= 15 is 0 Å². The minimum atomic E-state index is -0.836.